The van der Waals surface area contributed by atoms with Crippen LogP contribution in [0.15, 0.2) is 0 Å². The molecule has 570 valence electrons. The van der Waals surface area contributed by atoms with Gasteiger partial charge >= 0.3 is 39.5 Å². The van der Waals surface area contributed by atoms with Crippen LogP contribution in [0.25, 0.3) is 0 Å². The Bertz CT molecular complexity index is 1840. The molecule has 0 aliphatic carbocycles. The van der Waals surface area contributed by atoms with Crippen molar-refractivity contribution in [3.8, 4) is 0 Å². The largest absolute Gasteiger partial charge is 0.472 e. The van der Waals surface area contributed by atoms with Crippen LogP contribution in [-0.4, -0.2) is 96.7 Å². The molecule has 0 bridgehead atoms. The maximum Gasteiger partial charge on any atom is 0.472 e. The fraction of sp³-hybridized carbons (Fsp3) is 0.948. The van der Waals surface area contributed by atoms with E-state index in [1.165, 1.54) is 231 Å². The van der Waals surface area contributed by atoms with Gasteiger partial charge in [0.05, 0.1) is 26.4 Å². The third kappa shape index (κ3) is 69.2. The normalized spacial score (nSPS) is 14.2. The van der Waals surface area contributed by atoms with Crippen LogP contribution in [0.1, 0.15) is 407 Å². The van der Waals surface area contributed by atoms with E-state index >= 15 is 0 Å². The topological polar surface area (TPSA) is 237 Å². The molecule has 0 saturated carbocycles. The highest BCUT2D eigenvalue weighted by Crippen LogP contribution is 2.45. The smallest absolute Gasteiger partial charge is 0.462 e. The molecule has 0 radical (unpaired) electrons. The van der Waals surface area contributed by atoms with E-state index in [-0.39, 0.29) is 25.7 Å². The van der Waals surface area contributed by atoms with Crippen molar-refractivity contribution in [3.05, 3.63) is 0 Å². The van der Waals surface area contributed by atoms with Crippen LogP contribution in [-0.2, 0) is 65.4 Å². The summed E-state index contributed by atoms with van der Waals surface area (Å²) in [6.07, 6.45) is 59.5. The summed E-state index contributed by atoms with van der Waals surface area (Å²) in [4.78, 5) is 72.8. The molecule has 0 rings (SSSR count). The first-order chi connectivity index (χ1) is 46.6. The molecule has 0 amide bonds. The second kappa shape index (κ2) is 70.1. The van der Waals surface area contributed by atoms with Crippen LogP contribution < -0.4 is 0 Å². The number of hydrogen-bond donors (Lipinski definition) is 3. The summed E-state index contributed by atoms with van der Waals surface area (Å²) < 4.78 is 68.5. The van der Waals surface area contributed by atoms with Crippen molar-refractivity contribution in [1.29, 1.82) is 0 Å². The Labute approximate surface area is 588 Å². The summed E-state index contributed by atoms with van der Waals surface area (Å²) in [5, 5.41) is 10.6. The average molecular weight is 1410 g/mol. The number of carbonyl (C=O) groups excluding carboxylic acids is 4. The summed E-state index contributed by atoms with van der Waals surface area (Å²) in [5.74, 6) is -1.24. The van der Waals surface area contributed by atoms with E-state index in [4.69, 9.17) is 37.0 Å². The maximum absolute atomic E-state index is 13.1. The van der Waals surface area contributed by atoms with Crippen molar-refractivity contribution >= 4 is 39.5 Å². The summed E-state index contributed by atoms with van der Waals surface area (Å²) >= 11 is 0. The molecule has 6 atom stereocenters. The Balaban J connectivity index is 5.17. The van der Waals surface area contributed by atoms with Crippen molar-refractivity contribution in [2.24, 2.45) is 5.92 Å². The highest BCUT2D eigenvalue weighted by Gasteiger charge is 2.30. The van der Waals surface area contributed by atoms with Crippen LogP contribution in [0.3, 0.4) is 0 Å². The zero-order valence-electron chi connectivity index (χ0n) is 62.5. The minimum absolute atomic E-state index is 0.108. The Morgan fingerprint density at radius 2 is 0.500 bits per heavy atom. The number of aliphatic hydroxyl groups is 1. The average Bonchev–Trinajstić information content (AvgIpc) is 2.80. The minimum atomic E-state index is -4.96. The van der Waals surface area contributed by atoms with Crippen molar-refractivity contribution in [2.45, 2.75) is 425 Å². The Hall–Kier alpha value is -1.94. The van der Waals surface area contributed by atoms with Gasteiger partial charge in [0.1, 0.15) is 19.3 Å². The summed E-state index contributed by atoms with van der Waals surface area (Å²) in [6.45, 7) is 7.36. The molecule has 19 heteroatoms. The fourth-order valence-electron chi connectivity index (χ4n) is 11.8. The molecule has 0 fully saturated rings. The SMILES string of the molecule is CCCCCCCCCCCCCCC(=O)OC[C@H](COP(=O)(O)OC[C@@H](O)COP(=O)(O)OC[C@@H](COC(=O)CCCCCCCCCCCC)OC(=O)CCCCCCCCCCCCCC)OC(=O)CCCCCCCCCCCCCCCCCCCCC(C)CC. The van der Waals surface area contributed by atoms with Crippen LogP contribution in [0.4, 0.5) is 0 Å². The number of esters is 4. The number of carbonyl (C=O) groups is 4. The number of rotatable bonds is 77. The van der Waals surface area contributed by atoms with Gasteiger partial charge in [-0.1, -0.05) is 356 Å². The molecule has 0 aromatic heterocycles. The van der Waals surface area contributed by atoms with Crippen LogP contribution >= 0.6 is 15.6 Å². The van der Waals surface area contributed by atoms with Gasteiger partial charge in [-0.25, -0.2) is 9.13 Å². The standard InChI is InChI=1S/C77H150O17P2/c1-6-10-13-16-19-22-25-36-41-46-51-56-61-75(80)88-67-73(94-77(82)63-58-53-48-43-38-34-32-30-28-27-29-31-33-35-39-44-49-54-59-70(5)9-4)69-92-96(85,86)90-65-71(78)64-89-95(83,84)91-68-72(66-87-74(79)60-55-50-45-40-24-21-18-15-12-8-3)93-76(81)62-57-52-47-42-37-26-23-20-17-14-11-7-2/h70-73,78H,6-69H2,1-5H3,(H,83,84)(H,85,86)/t70?,71-,72+,73+/m0/s1. The Kier molecular flexibility index (Phi) is 68.7. The lowest BCUT2D eigenvalue weighted by Gasteiger charge is -2.21. The first kappa shape index (κ1) is 94.1. The lowest BCUT2D eigenvalue weighted by molar-refractivity contribution is -0.161. The minimum Gasteiger partial charge on any atom is -0.462 e. The molecule has 0 aliphatic heterocycles. The van der Waals surface area contributed by atoms with Crippen LogP contribution in [0, 0.1) is 5.92 Å². The second-order valence-electron chi connectivity index (χ2n) is 28.0. The van der Waals surface area contributed by atoms with E-state index in [0.717, 1.165) is 95.8 Å². The fourth-order valence-corrected chi connectivity index (χ4v) is 13.4. The number of aliphatic hydroxyl groups excluding tert-OH is 1. The van der Waals surface area contributed by atoms with Gasteiger partial charge in [0.25, 0.3) is 0 Å². The third-order valence-corrected chi connectivity index (χ3v) is 20.3. The van der Waals surface area contributed by atoms with E-state index in [1.54, 1.807) is 0 Å². The molecule has 0 heterocycles. The predicted octanol–water partition coefficient (Wildman–Crippen LogP) is 22.9. The van der Waals surface area contributed by atoms with Crippen LogP contribution in [0.5, 0.6) is 0 Å². The van der Waals surface area contributed by atoms with Gasteiger partial charge in [-0.2, -0.15) is 0 Å². The van der Waals surface area contributed by atoms with Gasteiger partial charge < -0.3 is 33.8 Å². The van der Waals surface area contributed by atoms with Gasteiger partial charge in [0.2, 0.25) is 0 Å². The lowest BCUT2D eigenvalue weighted by Crippen LogP contribution is -2.30. The Morgan fingerprint density at radius 1 is 0.292 bits per heavy atom. The molecular formula is C77H150O17P2. The Morgan fingerprint density at radius 3 is 0.740 bits per heavy atom. The lowest BCUT2D eigenvalue weighted by atomic mass is 9.99. The third-order valence-electron chi connectivity index (χ3n) is 18.4. The molecule has 0 aliphatic rings. The highest BCUT2D eigenvalue weighted by atomic mass is 31.2. The molecule has 0 spiro atoms. The van der Waals surface area contributed by atoms with Gasteiger partial charge in [-0.3, -0.25) is 37.3 Å². The molecule has 17 nitrogen and oxygen atoms in total. The van der Waals surface area contributed by atoms with E-state index in [2.05, 4.69) is 34.6 Å². The second-order valence-corrected chi connectivity index (χ2v) is 30.9. The summed E-state index contributed by atoms with van der Waals surface area (Å²) in [7, 11) is -9.91. The number of phosphoric acid groups is 2. The molecule has 0 saturated heterocycles. The number of unbranched alkanes of at least 4 members (excludes halogenated alkanes) is 48. The monoisotopic (exact) mass is 1410 g/mol. The molecular weight excluding hydrogens is 1260 g/mol. The van der Waals surface area contributed by atoms with E-state index in [1.807, 2.05) is 0 Å². The quantitative estimate of drug-likeness (QED) is 0.0222. The maximum atomic E-state index is 13.1. The zero-order valence-corrected chi connectivity index (χ0v) is 64.3. The predicted molar refractivity (Wildman–Crippen MR) is 391 cm³/mol. The van der Waals surface area contributed by atoms with Crippen molar-refractivity contribution in [2.75, 3.05) is 39.6 Å². The number of phosphoric ester groups is 2. The molecule has 96 heavy (non-hydrogen) atoms. The van der Waals surface area contributed by atoms with Gasteiger partial charge in [0, 0.05) is 25.7 Å². The van der Waals surface area contributed by atoms with E-state index in [0.29, 0.717) is 25.7 Å². The first-order valence-corrected chi connectivity index (χ1v) is 43.2. The number of hydrogen-bond acceptors (Lipinski definition) is 15. The van der Waals surface area contributed by atoms with Crippen molar-refractivity contribution < 1.29 is 80.2 Å². The molecule has 0 aromatic carbocycles. The van der Waals surface area contributed by atoms with E-state index in [9.17, 15) is 43.2 Å². The van der Waals surface area contributed by atoms with Crippen LogP contribution in [0.2, 0.25) is 0 Å². The summed E-state index contributed by atoms with van der Waals surface area (Å²) in [5.41, 5.74) is 0. The van der Waals surface area contributed by atoms with Crippen molar-refractivity contribution in [3.63, 3.8) is 0 Å². The van der Waals surface area contributed by atoms with Gasteiger partial charge in [-0.15, -0.1) is 0 Å². The molecule has 0 aromatic rings. The van der Waals surface area contributed by atoms with Crippen molar-refractivity contribution in [1.82, 2.24) is 0 Å². The van der Waals surface area contributed by atoms with Gasteiger partial charge in [-0.05, 0) is 31.6 Å². The summed E-state index contributed by atoms with van der Waals surface area (Å²) in [6, 6.07) is 0. The highest BCUT2D eigenvalue weighted by molar-refractivity contribution is 7.47. The number of ether oxygens (including phenoxy) is 4. The first-order valence-electron chi connectivity index (χ1n) is 40.2. The van der Waals surface area contributed by atoms with E-state index < -0.39 is 97.5 Å². The molecule has 3 N–H and O–H groups in total. The van der Waals surface area contributed by atoms with Gasteiger partial charge in [0.15, 0.2) is 12.2 Å². The molecule has 3 unspecified atom stereocenters. The zero-order chi connectivity index (χ0) is 70.5.